The van der Waals surface area contributed by atoms with E-state index in [4.69, 9.17) is 14.2 Å². The van der Waals surface area contributed by atoms with Crippen LogP contribution in [0.1, 0.15) is 5.56 Å². The van der Waals surface area contributed by atoms with Crippen LogP contribution in [0, 0.1) is 5.82 Å². The van der Waals surface area contributed by atoms with Gasteiger partial charge in [-0.05, 0) is 54.1 Å². The van der Waals surface area contributed by atoms with Gasteiger partial charge in [0.25, 0.3) is 5.91 Å². The third-order valence-electron chi connectivity index (χ3n) is 4.79. The van der Waals surface area contributed by atoms with Gasteiger partial charge in [0.05, 0.1) is 18.5 Å². The molecule has 0 fully saturated rings. The lowest BCUT2D eigenvalue weighted by molar-refractivity contribution is -0.118. The van der Waals surface area contributed by atoms with Gasteiger partial charge in [0.1, 0.15) is 11.6 Å². The highest BCUT2D eigenvalue weighted by Gasteiger charge is 2.18. The summed E-state index contributed by atoms with van der Waals surface area (Å²) in [5.74, 6) is 0.808. The van der Waals surface area contributed by atoms with E-state index in [2.05, 4.69) is 5.32 Å². The standard InChI is InChI=1S/C23H21FN2O6S/c1-33(28,29)26(13-16-2-4-17(24)5-3-16)19-7-9-20(10-8-19)30-14-23(27)25-18-6-11-21-22(12-18)32-15-31-21/h2-12H,13-15H2,1H3,(H,25,27). The smallest absolute Gasteiger partial charge is 0.262 e. The molecule has 8 nitrogen and oxygen atoms in total. The van der Waals surface area contributed by atoms with Gasteiger partial charge in [-0.2, -0.15) is 0 Å². The van der Waals surface area contributed by atoms with E-state index in [9.17, 15) is 17.6 Å². The van der Waals surface area contributed by atoms with Crippen molar-refractivity contribution in [3.05, 3.63) is 78.1 Å². The Bertz CT molecular complexity index is 1250. The Kier molecular flexibility index (Phi) is 6.36. The highest BCUT2D eigenvalue weighted by Crippen LogP contribution is 2.34. The van der Waals surface area contributed by atoms with E-state index in [0.29, 0.717) is 34.2 Å². The van der Waals surface area contributed by atoms with Crippen molar-refractivity contribution >= 4 is 27.3 Å². The minimum atomic E-state index is -3.59. The van der Waals surface area contributed by atoms with Crippen LogP contribution in [0.5, 0.6) is 17.2 Å². The van der Waals surface area contributed by atoms with Gasteiger partial charge < -0.3 is 19.5 Å². The van der Waals surface area contributed by atoms with Crippen LogP contribution in [0.15, 0.2) is 66.7 Å². The number of nitrogens with zero attached hydrogens (tertiary/aromatic N) is 1. The fraction of sp³-hybridized carbons (Fsp3) is 0.174. The second kappa shape index (κ2) is 9.37. The van der Waals surface area contributed by atoms with Crippen LogP contribution in [0.25, 0.3) is 0 Å². The van der Waals surface area contributed by atoms with E-state index in [1.165, 1.54) is 28.6 Å². The van der Waals surface area contributed by atoms with E-state index in [1.807, 2.05) is 0 Å². The molecule has 0 aliphatic carbocycles. The second-order valence-corrected chi connectivity index (χ2v) is 9.20. The molecule has 10 heteroatoms. The van der Waals surface area contributed by atoms with Crippen LogP contribution in [0.2, 0.25) is 0 Å². The van der Waals surface area contributed by atoms with Crippen molar-refractivity contribution in [2.24, 2.45) is 0 Å². The van der Waals surface area contributed by atoms with Gasteiger partial charge in [-0.1, -0.05) is 12.1 Å². The number of amides is 1. The van der Waals surface area contributed by atoms with Crippen LogP contribution in [-0.2, 0) is 21.4 Å². The normalized spacial score (nSPS) is 12.3. The number of rotatable bonds is 8. The van der Waals surface area contributed by atoms with Gasteiger partial charge >= 0.3 is 0 Å². The molecule has 1 amide bonds. The molecule has 1 aliphatic rings. The van der Waals surface area contributed by atoms with Crippen molar-refractivity contribution in [1.82, 2.24) is 0 Å². The summed E-state index contributed by atoms with van der Waals surface area (Å²) in [4.78, 5) is 12.2. The van der Waals surface area contributed by atoms with E-state index in [0.717, 1.165) is 6.26 Å². The average molecular weight is 472 g/mol. The van der Waals surface area contributed by atoms with Crippen LogP contribution < -0.4 is 23.8 Å². The Morgan fingerprint density at radius 1 is 1.03 bits per heavy atom. The SMILES string of the molecule is CS(=O)(=O)N(Cc1ccc(F)cc1)c1ccc(OCC(=O)Nc2ccc3c(c2)OCO3)cc1. The Balaban J connectivity index is 1.37. The maximum atomic E-state index is 13.1. The molecule has 0 bridgehead atoms. The number of benzene rings is 3. The summed E-state index contributed by atoms with van der Waals surface area (Å²) in [5.41, 5.74) is 1.61. The third-order valence-corrected chi connectivity index (χ3v) is 5.93. The van der Waals surface area contributed by atoms with Crippen molar-refractivity contribution in [3.8, 4) is 17.2 Å². The maximum absolute atomic E-state index is 13.1. The Hall–Kier alpha value is -3.79. The predicted octanol–water partition coefficient (Wildman–Crippen LogP) is 3.54. The molecule has 0 radical (unpaired) electrons. The fourth-order valence-electron chi connectivity index (χ4n) is 3.18. The molecule has 0 aromatic heterocycles. The zero-order valence-corrected chi connectivity index (χ0v) is 18.5. The van der Waals surface area contributed by atoms with Crippen LogP contribution in [-0.4, -0.2) is 34.0 Å². The van der Waals surface area contributed by atoms with Gasteiger partial charge in [0.2, 0.25) is 16.8 Å². The van der Waals surface area contributed by atoms with E-state index >= 15 is 0 Å². The number of sulfonamides is 1. The molecule has 3 aromatic carbocycles. The summed E-state index contributed by atoms with van der Waals surface area (Å²) >= 11 is 0. The fourth-order valence-corrected chi connectivity index (χ4v) is 4.07. The highest BCUT2D eigenvalue weighted by molar-refractivity contribution is 7.92. The van der Waals surface area contributed by atoms with Crippen molar-refractivity contribution in [3.63, 3.8) is 0 Å². The molecule has 1 aliphatic heterocycles. The van der Waals surface area contributed by atoms with Crippen LogP contribution in [0.4, 0.5) is 15.8 Å². The Labute approximate surface area is 190 Å². The lowest BCUT2D eigenvalue weighted by Gasteiger charge is -2.22. The predicted molar refractivity (Wildman–Crippen MR) is 121 cm³/mol. The quantitative estimate of drug-likeness (QED) is 0.539. The van der Waals surface area contributed by atoms with E-state index in [-0.39, 0.29) is 25.9 Å². The van der Waals surface area contributed by atoms with Gasteiger partial charge in [0.15, 0.2) is 18.1 Å². The molecule has 4 rings (SSSR count). The number of nitrogens with one attached hydrogen (secondary N) is 1. The van der Waals surface area contributed by atoms with Gasteiger partial charge in [-0.25, -0.2) is 12.8 Å². The number of hydrogen-bond acceptors (Lipinski definition) is 6. The van der Waals surface area contributed by atoms with Gasteiger partial charge in [-0.3, -0.25) is 9.10 Å². The first-order valence-corrected chi connectivity index (χ1v) is 11.8. The van der Waals surface area contributed by atoms with Crippen molar-refractivity contribution in [1.29, 1.82) is 0 Å². The number of carbonyl (C=O) groups is 1. The number of ether oxygens (including phenoxy) is 3. The van der Waals surface area contributed by atoms with Crippen LogP contribution >= 0.6 is 0 Å². The number of hydrogen-bond donors (Lipinski definition) is 1. The molecule has 1 heterocycles. The number of halogens is 1. The number of carbonyl (C=O) groups excluding carboxylic acids is 1. The minimum absolute atomic E-state index is 0.0528. The molecule has 3 aromatic rings. The monoisotopic (exact) mass is 472 g/mol. The number of fused-ring (bicyclic) bond motifs is 1. The van der Waals surface area contributed by atoms with Gasteiger partial charge in [-0.15, -0.1) is 0 Å². The van der Waals surface area contributed by atoms with Crippen molar-refractivity contribution in [2.45, 2.75) is 6.54 Å². The highest BCUT2D eigenvalue weighted by atomic mass is 32.2. The third kappa shape index (κ3) is 5.72. The summed E-state index contributed by atoms with van der Waals surface area (Å²) in [5, 5.41) is 2.71. The second-order valence-electron chi connectivity index (χ2n) is 7.29. The lowest BCUT2D eigenvalue weighted by Crippen LogP contribution is -2.29. The van der Waals surface area contributed by atoms with Crippen LogP contribution in [0.3, 0.4) is 0 Å². The first-order valence-electron chi connectivity index (χ1n) is 9.92. The average Bonchev–Trinajstić information content (AvgIpc) is 3.25. The van der Waals surface area contributed by atoms with E-state index < -0.39 is 15.8 Å². The largest absolute Gasteiger partial charge is 0.484 e. The Morgan fingerprint density at radius 3 is 2.42 bits per heavy atom. The van der Waals surface area contributed by atoms with E-state index in [1.54, 1.807) is 42.5 Å². The summed E-state index contributed by atoms with van der Waals surface area (Å²) in [6, 6.07) is 17.0. The molecular formula is C23H21FN2O6S. The number of anilines is 2. The zero-order valence-electron chi connectivity index (χ0n) is 17.7. The minimum Gasteiger partial charge on any atom is -0.484 e. The first kappa shape index (κ1) is 22.4. The topological polar surface area (TPSA) is 94.2 Å². The molecule has 0 unspecified atom stereocenters. The molecule has 0 saturated heterocycles. The first-order chi connectivity index (χ1) is 15.8. The molecule has 0 atom stereocenters. The lowest BCUT2D eigenvalue weighted by atomic mass is 10.2. The van der Waals surface area contributed by atoms with Crippen molar-refractivity contribution in [2.75, 3.05) is 29.3 Å². The van der Waals surface area contributed by atoms with Gasteiger partial charge in [0, 0.05) is 11.8 Å². The maximum Gasteiger partial charge on any atom is 0.262 e. The molecule has 1 N–H and O–H groups in total. The molecule has 0 saturated carbocycles. The summed E-state index contributed by atoms with van der Waals surface area (Å²) < 4.78 is 55.0. The summed E-state index contributed by atoms with van der Waals surface area (Å²) in [6.45, 7) is -0.0388. The molecular weight excluding hydrogens is 451 g/mol. The Morgan fingerprint density at radius 2 is 1.73 bits per heavy atom. The van der Waals surface area contributed by atoms with Crippen molar-refractivity contribution < 1.29 is 31.8 Å². The molecule has 0 spiro atoms. The molecule has 172 valence electrons. The summed E-state index contributed by atoms with van der Waals surface area (Å²) in [6.07, 6.45) is 1.10. The molecule has 33 heavy (non-hydrogen) atoms. The summed E-state index contributed by atoms with van der Waals surface area (Å²) in [7, 11) is -3.59. The zero-order chi connectivity index (χ0) is 23.4.